The highest BCUT2D eigenvalue weighted by Crippen LogP contribution is 2.41. The van der Waals surface area contributed by atoms with E-state index in [1.165, 1.54) is 0 Å². The summed E-state index contributed by atoms with van der Waals surface area (Å²) >= 11 is 1.81. The van der Waals surface area contributed by atoms with Gasteiger partial charge in [-0.05, 0) is 12.8 Å². The minimum atomic E-state index is -0.261. The Morgan fingerprint density at radius 3 is 2.78 bits per heavy atom. The van der Waals surface area contributed by atoms with Gasteiger partial charge < -0.3 is 4.74 Å². The van der Waals surface area contributed by atoms with Crippen molar-refractivity contribution in [1.29, 1.82) is 0 Å². The summed E-state index contributed by atoms with van der Waals surface area (Å²) < 4.78 is 5.88. The largest absolute Gasteiger partial charge is 0.363 e. The molecule has 2 nitrogen and oxygen atoms in total. The lowest BCUT2D eigenvalue weighted by Crippen LogP contribution is -2.28. The van der Waals surface area contributed by atoms with Crippen molar-refractivity contribution in [1.82, 2.24) is 0 Å². The summed E-state index contributed by atoms with van der Waals surface area (Å²) in [5.74, 6) is 1.20. The van der Waals surface area contributed by atoms with Crippen molar-refractivity contribution in [2.45, 2.75) is 37.5 Å². The maximum Gasteiger partial charge on any atom is 0.166 e. The third-order valence-electron chi connectivity index (χ3n) is 3.25. The standard InChI is InChI=1S/C15H20O2S/c1-2-3-9-15(17-10-11-18-15)12-14(16)13-7-5-4-6-8-13/h4-8H,2-3,9-12H2,1H3. The van der Waals surface area contributed by atoms with E-state index < -0.39 is 0 Å². The molecule has 0 radical (unpaired) electrons. The molecule has 98 valence electrons. The van der Waals surface area contributed by atoms with Crippen molar-refractivity contribution in [2.75, 3.05) is 12.4 Å². The van der Waals surface area contributed by atoms with E-state index in [4.69, 9.17) is 4.74 Å². The first-order chi connectivity index (χ1) is 8.76. The Morgan fingerprint density at radius 1 is 1.39 bits per heavy atom. The highest BCUT2D eigenvalue weighted by atomic mass is 32.2. The monoisotopic (exact) mass is 264 g/mol. The third-order valence-corrected chi connectivity index (χ3v) is 4.61. The van der Waals surface area contributed by atoms with Crippen molar-refractivity contribution >= 4 is 17.5 Å². The summed E-state index contributed by atoms with van der Waals surface area (Å²) in [5, 5.41) is 0. The van der Waals surface area contributed by atoms with Crippen LogP contribution in [0.25, 0.3) is 0 Å². The second-order valence-corrected chi connectivity index (χ2v) is 6.12. The van der Waals surface area contributed by atoms with E-state index in [1.807, 2.05) is 42.1 Å². The Labute approximate surface area is 113 Å². The fourth-order valence-corrected chi connectivity index (χ4v) is 3.48. The number of thioether (sulfide) groups is 1. The molecule has 1 aliphatic heterocycles. The number of carbonyl (C=O) groups is 1. The summed E-state index contributed by atoms with van der Waals surface area (Å²) in [4.78, 5) is 12.0. The molecule has 18 heavy (non-hydrogen) atoms. The lowest BCUT2D eigenvalue weighted by atomic mass is 10.0. The Morgan fingerprint density at radius 2 is 2.17 bits per heavy atom. The van der Waals surface area contributed by atoms with Gasteiger partial charge in [-0.1, -0.05) is 43.7 Å². The molecule has 0 bridgehead atoms. The molecule has 0 amide bonds. The van der Waals surface area contributed by atoms with Gasteiger partial charge in [-0.2, -0.15) is 0 Å². The number of ether oxygens (including phenoxy) is 1. The van der Waals surface area contributed by atoms with Crippen LogP contribution < -0.4 is 0 Å². The minimum absolute atomic E-state index is 0.195. The zero-order valence-corrected chi connectivity index (χ0v) is 11.7. The van der Waals surface area contributed by atoms with E-state index in [2.05, 4.69) is 6.92 Å². The van der Waals surface area contributed by atoms with Crippen LogP contribution in [0.4, 0.5) is 0 Å². The molecule has 0 spiro atoms. The van der Waals surface area contributed by atoms with Gasteiger partial charge in [-0.25, -0.2) is 0 Å². The van der Waals surface area contributed by atoms with Gasteiger partial charge in [0.1, 0.15) is 4.93 Å². The van der Waals surface area contributed by atoms with Crippen LogP contribution in [0, 0.1) is 0 Å². The van der Waals surface area contributed by atoms with E-state index in [-0.39, 0.29) is 10.7 Å². The zero-order chi connectivity index (χ0) is 12.8. The molecular formula is C15H20O2S. The average molecular weight is 264 g/mol. The minimum Gasteiger partial charge on any atom is -0.363 e. The van der Waals surface area contributed by atoms with Crippen molar-refractivity contribution in [3.05, 3.63) is 35.9 Å². The first-order valence-electron chi connectivity index (χ1n) is 6.62. The van der Waals surface area contributed by atoms with Crippen LogP contribution in [0.1, 0.15) is 43.0 Å². The molecule has 0 N–H and O–H groups in total. The predicted molar refractivity (Wildman–Crippen MR) is 76.1 cm³/mol. The number of ketones is 1. The van der Waals surface area contributed by atoms with Gasteiger partial charge in [0.25, 0.3) is 0 Å². The van der Waals surface area contributed by atoms with E-state index in [1.54, 1.807) is 0 Å². The average Bonchev–Trinajstić information content (AvgIpc) is 2.86. The Hall–Kier alpha value is -0.800. The molecule has 1 atom stereocenters. The highest BCUT2D eigenvalue weighted by Gasteiger charge is 2.37. The van der Waals surface area contributed by atoms with Gasteiger partial charge >= 0.3 is 0 Å². The van der Waals surface area contributed by atoms with Gasteiger partial charge in [0, 0.05) is 17.7 Å². The number of rotatable bonds is 6. The second kappa shape index (κ2) is 6.39. The summed E-state index contributed by atoms with van der Waals surface area (Å²) in [7, 11) is 0. The molecule has 3 heteroatoms. The number of hydrogen-bond donors (Lipinski definition) is 0. The zero-order valence-electron chi connectivity index (χ0n) is 10.9. The summed E-state index contributed by atoms with van der Waals surface area (Å²) in [6.45, 7) is 2.95. The fourth-order valence-electron chi connectivity index (χ4n) is 2.25. The molecule has 1 aromatic carbocycles. The molecule has 1 saturated heterocycles. The molecule has 1 unspecified atom stereocenters. The van der Waals surface area contributed by atoms with Crippen molar-refractivity contribution < 1.29 is 9.53 Å². The van der Waals surface area contributed by atoms with Crippen LogP contribution in [-0.4, -0.2) is 23.1 Å². The van der Waals surface area contributed by atoms with E-state index in [0.29, 0.717) is 6.42 Å². The molecule has 0 saturated carbocycles. The normalized spacial score (nSPS) is 23.2. The van der Waals surface area contributed by atoms with Crippen LogP contribution in [0.3, 0.4) is 0 Å². The third kappa shape index (κ3) is 3.36. The summed E-state index contributed by atoms with van der Waals surface area (Å²) in [6.07, 6.45) is 3.74. The Bertz CT molecular complexity index is 383. The number of Topliss-reactive ketones (excluding diaryl/α,β-unsaturated/α-hetero) is 1. The van der Waals surface area contributed by atoms with E-state index >= 15 is 0 Å². The number of benzene rings is 1. The SMILES string of the molecule is CCCCC1(CC(=O)c2ccccc2)OCCS1. The smallest absolute Gasteiger partial charge is 0.166 e. The number of unbranched alkanes of at least 4 members (excludes halogenated alkanes) is 1. The van der Waals surface area contributed by atoms with Crippen LogP contribution >= 0.6 is 11.8 Å². The molecular weight excluding hydrogens is 244 g/mol. The van der Waals surface area contributed by atoms with Crippen LogP contribution in [0.5, 0.6) is 0 Å². The van der Waals surface area contributed by atoms with E-state index in [0.717, 1.165) is 37.2 Å². The van der Waals surface area contributed by atoms with Crippen molar-refractivity contribution in [3.63, 3.8) is 0 Å². The summed E-state index contributed by atoms with van der Waals surface area (Å²) in [6, 6.07) is 9.53. The first-order valence-corrected chi connectivity index (χ1v) is 7.60. The Kier molecular flexibility index (Phi) is 4.84. The van der Waals surface area contributed by atoms with Gasteiger partial charge in [-0.15, -0.1) is 11.8 Å². The predicted octanol–water partition coefficient (Wildman–Crippen LogP) is 3.91. The topological polar surface area (TPSA) is 26.3 Å². The Balaban J connectivity index is 2.03. The summed E-state index contributed by atoms with van der Waals surface area (Å²) in [5.41, 5.74) is 0.796. The van der Waals surface area contributed by atoms with Crippen LogP contribution in [-0.2, 0) is 4.74 Å². The van der Waals surface area contributed by atoms with Gasteiger partial charge in [0.15, 0.2) is 5.78 Å². The maximum atomic E-state index is 12.3. The maximum absolute atomic E-state index is 12.3. The van der Waals surface area contributed by atoms with Gasteiger partial charge in [0.2, 0.25) is 0 Å². The first kappa shape index (κ1) is 13.6. The highest BCUT2D eigenvalue weighted by molar-refractivity contribution is 8.00. The molecule has 1 fully saturated rings. The molecule has 1 aliphatic rings. The lowest BCUT2D eigenvalue weighted by Gasteiger charge is -2.26. The van der Waals surface area contributed by atoms with Crippen LogP contribution in [0.2, 0.25) is 0 Å². The number of hydrogen-bond acceptors (Lipinski definition) is 3. The van der Waals surface area contributed by atoms with E-state index in [9.17, 15) is 4.79 Å². The van der Waals surface area contributed by atoms with Gasteiger partial charge in [0.05, 0.1) is 6.61 Å². The lowest BCUT2D eigenvalue weighted by molar-refractivity contribution is 0.0354. The van der Waals surface area contributed by atoms with Gasteiger partial charge in [-0.3, -0.25) is 4.79 Å². The van der Waals surface area contributed by atoms with Crippen LogP contribution in [0.15, 0.2) is 30.3 Å². The molecule has 1 aromatic rings. The quantitative estimate of drug-likeness (QED) is 0.729. The number of carbonyl (C=O) groups excluding carboxylic acids is 1. The molecule has 1 heterocycles. The molecule has 0 aliphatic carbocycles. The molecule has 0 aromatic heterocycles. The van der Waals surface area contributed by atoms with Crippen molar-refractivity contribution in [3.8, 4) is 0 Å². The van der Waals surface area contributed by atoms with Crippen molar-refractivity contribution in [2.24, 2.45) is 0 Å². The second-order valence-electron chi connectivity index (χ2n) is 4.68. The molecule has 2 rings (SSSR count). The fraction of sp³-hybridized carbons (Fsp3) is 0.533.